The molecule has 0 aliphatic carbocycles. The summed E-state index contributed by atoms with van der Waals surface area (Å²) in [5.41, 5.74) is 0. The van der Waals surface area contributed by atoms with Crippen molar-refractivity contribution in [2.45, 2.75) is 0 Å². The molecule has 6 heteroatoms. The predicted octanol–water partition coefficient (Wildman–Crippen LogP) is 2.92. The van der Waals surface area contributed by atoms with Crippen LogP contribution in [0.15, 0.2) is 48.5 Å². The second-order valence-electron chi connectivity index (χ2n) is 5.11. The Balaban J connectivity index is 2.28. The lowest BCUT2D eigenvalue weighted by Gasteiger charge is -2.16. The number of carboxylic acid groups (broad SMARTS) is 2. The van der Waals surface area contributed by atoms with Gasteiger partial charge in [-0.05, 0) is 0 Å². The lowest BCUT2D eigenvalue weighted by Crippen LogP contribution is -2.11. The summed E-state index contributed by atoms with van der Waals surface area (Å²) in [5, 5.41) is 20.5. The Morgan fingerprint density at radius 3 is 1.21 bits per heavy atom. The quantitative estimate of drug-likeness (QED) is 0.677. The van der Waals surface area contributed by atoms with Crippen molar-refractivity contribution in [1.82, 2.24) is 0 Å². The maximum atomic E-state index is 10.9. The van der Waals surface area contributed by atoms with Crippen molar-refractivity contribution < 1.29 is 29.3 Å². The molecule has 24 heavy (non-hydrogen) atoms. The Morgan fingerprint density at radius 1 is 0.667 bits per heavy atom. The highest BCUT2D eigenvalue weighted by Crippen LogP contribution is 2.42. The molecular formula is C18H14O6. The van der Waals surface area contributed by atoms with Crippen molar-refractivity contribution in [1.29, 1.82) is 0 Å². The van der Waals surface area contributed by atoms with E-state index in [0.717, 1.165) is 0 Å². The molecule has 2 N–H and O–H groups in total. The van der Waals surface area contributed by atoms with Crippen LogP contribution < -0.4 is 9.47 Å². The smallest absolute Gasteiger partial charge is 0.341 e. The SMILES string of the molecule is O=C(O)COc1c2ccccc2c(OCC(=O)O)c2ccccc12. The maximum absolute atomic E-state index is 10.9. The molecule has 0 heterocycles. The summed E-state index contributed by atoms with van der Waals surface area (Å²) in [6.07, 6.45) is 0. The molecule has 0 aromatic heterocycles. The molecule has 0 saturated heterocycles. The second-order valence-corrected chi connectivity index (χ2v) is 5.11. The van der Waals surface area contributed by atoms with Crippen LogP contribution >= 0.6 is 0 Å². The Bertz CT molecular complexity index is 798. The van der Waals surface area contributed by atoms with Gasteiger partial charge in [0.05, 0.1) is 0 Å². The van der Waals surface area contributed by atoms with Gasteiger partial charge in [0.2, 0.25) is 0 Å². The summed E-state index contributed by atoms with van der Waals surface area (Å²) in [5.74, 6) is -1.28. The number of carboxylic acids is 2. The van der Waals surface area contributed by atoms with E-state index < -0.39 is 25.2 Å². The lowest BCUT2D eigenvalue weighted by atomic mass is 10.0. The first-order valence-corrected chi connectivity index (χ1v) is 7.20. The van der Waals surface area contributed by atoms with Crippen LogP contribution in [0.5, 0.6) is 11.5 Å². The number of carbonyl (C=O) groups is 2. The van der Waals surface area contributed by atoms with Crippen LogP contribution in [0.25, 0.3) is 21.5 Å². The average molecular weight is 326 g/mol. The van der Waals surface area contributed by atoms with E-state index in [1.807, 2.05) is 0 Å². The molecule has 0 saturated carbocycles. The van der Waals surface area contributed by atoms with Gasteiger partial charge in [0.15, 0.2) is 13.2 Å². The van der Waals surface area contributed by atoms with Crippen molar-refractivity contribution in [2.24, 2.45) is 0 Å². The molecule has 0 spiro atoms. The van der Waals surface area contributed by atoms with E-state index in [4.69, 9.17) is 19.7 Å². The Kier molecular flexibility index (Phi) is 4.20. The van der Waals surface area contributed by atoms with Crippen LogP contribution in [0.3, 0.4) is 0 Å². The molecule has 0 aliphatic heterocycles. The zero-order valence-electron chi connectivity index (χ0n) is 12.6. The number of fused-ring (bicyclic) bond motifs is 2. The molecule has 3 aromatic rings. The van der Waals surface area contributed by atoms with Gasteiger partial charge >= 0.3 is 11.9 Å². The monoisotopic (exact) mass is 326 g/mol. The van der Waals surface area contributed by atoms with Gasteiger partial charge in [0, 0.05) is 21.5 Å². The van der Waals surface area contributed by atoms with E-state index in [0.29, 0.717) is 33.0 Å². The first-order valence-electron chi connectivity index (χ1n) is 7.20. The Hall–Kier alpha value is -3.28. The minimum absolute atomic E-state index is 0.436. The molecule has 122 valence electrons. The third-order valence-electron chi connectivity index (χ3n) is 3.51. The van der Waals surface area contributed by atoms with Crippen LogP contribution in [0.4, 0.5) is 0 Å². The van der Waals surface area contributed by atoms with E-state index in [1.165, 1.54) is 0 Å². The fourth-order valence-corrected chi connectivity index (χ4v) is 2.63. The molecule has 0 radical (unpaired) electrons. The maximum Gasteiger partial charge on any atom is 0.341 e. The molecular weight excluding hydrogens is 312 g/mol. The number of hydrogen-bond acceptors (Lipinski definition) is 4. The summed E-state index contributed by atoms with van der Waals surface area (Å²) in [6.45, 7) is -0.938. The third kappa shape index (κ3) is 2.94. The van der Waals surface area contributed by atoms with Crippen LogP contribution in [0, 0.1) is 0 Å². The van der Waals surface area contributed by atoms with E-state index in [9.17, 15) is 9.59 Å². The van der Waals surface area contributed by atoms with Gasteiger partial charge in [-0.2, -0.15) is 0 Å². The van der Waals surface area contributed by atoms with Gasteiger partial charge in [-0.3, -0.25) is 0 Å². The van der Waals surface area contributed by atoms with E-state index in [2.05, 4.69) is 0 Å². The van der Waals surface area contributed by atoms with Crippen LogP contribution in [0.2, 0.25) is 0 Å². The minimum Gasteiger partial charge on any atom is -0.481 e. The lowest BCUT2D eigenvalue weighted by molar-refractivity contribution is -0.140. The summed E-state index contributed by atoms with van der Waals surface area (Å²) >= 11 is 0. The zero-order chi connectivity index (χ0) is 17.1. The fraction of sp³-hybridized carbons (Fsp3) is 0.111. The first kappa shape index (κ1) is 15.6. The van der Waals surface area contributed by atoms with Gasteiger partial charge in [-0.1, -0.05) is 48.5 Å². The highest BCUT2D eigenvalue weighted by Gasteiger charge is 2.17. The highest BCUT2D eigenvalue weighted by molar-refractivity contribution is 6.11. The van der Waals surface area contributed by atoms with Crippen molar-refractivity contribution in [2.75, 3.05) is 13.2 Å². The molecule has 0 unspecified atom stereocenters. The number of aliphatic carboxylic acids is 2. The van der Waals surface area contributed by atoms with Gasteiger partial charge < -0.3 is 19.7 Å². The standard InChI is InChI=1S/C18H14O6/c19-15(20)9-23-17-11-5-1-2-6-12(11)18(24-10-16(21)22)14-8-4-3-7-13(14)17/h1-8H,9-10H2,(H,19,20)(H,21,22). The van der Waals surface area contributed by atoms with Crippen molar-refractivity contribution in [3.63, 3.8) is 0 Å². The Morgan fingerprint density at radius 2 is 0.958 bits per heavy atom. The highest BCUT2D eigenvalue weighted by atomic mass is 16.5. The van der Waals surface area contributed by atoms with Crippen LogP contribution in [0.1, 0.15) is 0 Å². The predicted molar refractivity (Wildman–Crippen MR) is 87.7 cm³/mol. The second kappa shape index (κ2) is 6.45. The van der Waals surface area contributed by atoms with Gasteiger partial charge in [-0.15, -0.1) is 0 Å². The van der Waals surface area contributed by atoms with Gasteiger partial charge in [-0.25, -0.2) is 9.59 Å². The van der Waals surface area contributed by atoms with E-state index in [-0.39, 0.29) is 0 Å². The van der Waals surface area contributed by atoms with Crippen molar-refractivity contribution >= 4 is 33.5 Å². The van der Waals surface area contributed by atoms with Crippen molar-refractivity contribution in [3.8, 4) is 11.5 Å². The van der Waals surface area contributed by atoms with E-state index in [1.54, 1.807) is 48.5 Å². The van der Waals surface area contributed by atoms with Crippen molar-refractivity contribution in [3.05, 3.63) is 48.5 Å². The number of benzene rings is 3. The molecule has 6 nitrogen and oxygen atoms in total. The number of ether oxygens (including phenoxy) is 2. The first-order chi connectivity index (χ1) is 11.6. The fourth-order valence-electron chi connectivity index (χ4n) is 2.63. The third-order valence-corrected chi connectivity index (χ3v) is 3.51. The summed E-state index contributed by atoms with van der Waals surface area (Å²) in [7, 11) is 0. The van der Waals surface area contributed by atoms with Crippen LogP contribution in [-0.4, -0.2) is 35.4 Å². The summed E-state index contributed by atoms with van der Waals surface area (Å²) in [4.78, 5) is 21.7. The normalized spacial score (nSPS) is 10.7. The molecule has 0 amide bonds. The average Bonchev–Trinajstić information content (AvgIpc) is 2.57. The molecule has 0 fully saturated rings. The van der Waals surface area contributed by atoms with Gasteiger partial charge in [0.25, 0.3) is 0 Å². The summed E-state index contributed by atoms with van der Waals surface area (Å²) < 4.78 is 11.0. The Labute approximate surface area is 136 Å². The summed E-state index contributed by atoms with van der Waals surface area (Å²) in [6, 6.07) is 14.3. The number of hydrogen-bond donors (Lipinski definition) is 2. The van der Waals surface area contributed by atoms with Crippen LogP contribution in [-0.2, 0) is 9.59 Å². The van der Waals surface area contributed by atoms with E-state index >= 15 is 0 Å². The molecule has 0 bridgehead atoms. The topological polar surface area (TPSA) is 93.1 Å². The molecule has 3 rings (SSSR count). The number of rotatable bonds is 6. The molecule has 0 aliphatic rings. The largest absolute Gasteiger partial charge is 0.481 e. The van der Waals surface area contributed by atoms with Gasteiger partial charge in [0.1, 0.15) is 11.5 Å². The molecule has 0 atom stereocenters. The molecule has 3 aromatic carbocycles. The zero-order valence-corrected chi connectivity index (χ0v) is 12.6. The minimum atomic E-state index is -1.07.